The van der Waals surface area contributed by atoms with Crippen LogP contribution in [-0.4, -0.2) is 34.5 Å². The number of nitrogens with zero attached hydrogens (tertiary/aromatic N) is 3. The summed E-state index contributed by atoms with van der Waals surface area (Å²) >= 11 is 0. The largest absolute Gasteiger partial charge is 1.00 e. The second-order valence-electron chi connectivity index (χ2n) is 5.62. The summed E-state index contributed by atoms with van der Waals surface area (Å²) < 4.78 is 23.3. The second-order valence-corrected chi connectivity index (χ2v) is 6.97. The molecule has 6 nitrogen and oxygen atoms in total. The standard InChI is InChI=1S/C18H20N3O3S.Li/c1-13-11-19-14(10-17(13)24-9-5-8-23-2)12-25(22)18-20-15-6-3-4-7-16(15)21-18;/h3-4,6-7,10-11H,5,8-9,12H2,1-2H3;/q-1;+1. The maximum atomic E-state index is 12.6. The summed E-state index contributed by atoms with van der Waals surface area (Å²) in [5.74, 6) is 1.01. The molecule has 132 valence electrons. The first-order chi connectivity index (χ1) is 12.2. The number of imidazole rings is 1. The number of pyridine rings is 1. The fourth-order valence-corrected chi connectivity index (χ4v) is 3.31. The minimum Gasteiger partial charge on any atom is -0.493 e. The van der Waals surface area contributed by atoms with E-state index < -0.39 is 10.8 Å². The van der Waals surface area contributed by atoms with Gasteiger partial charge in [-0.15, -0.1) is 0 Å². The van der Waals surface area contributed by atoms with Crippen molar-refractivity contribution in [1.82, 2.24) is 15.0 Å². The van der Waals surface area contributed by atoms with Crippen LogP contribution in [0.1, 0.15) is 17.7 Å². The Hall–Kier alpha value is -1.65. The van der Waals surface area contributed by atoms with Gasteiger partial charge in [-0.1, -0.05) is 24.3 Å². The van der Waals surface area contributed by atoms with Crippen LogP contribution < -0.4 is 28.6 Å². The van der Waals surface area contributed by atoms with E-state index in [0.29, 0.717) is 24.1 Å². The first kappa shape index (κ1) is 20.7. The molecule has 0 N–H and O–H groups in total. The van der Waals surface area contributed by atoms with Gasteiger partial charge < -0.3 is 19.4 Å². The van der Waals surface area contributed by atoms with E-state index in [0.717, 1.165) is 28.8 Å². The Morgan fingerprint density at radius 2 is 2.04 bits per heavy atom. The number of rotatable bonds is 8. The van der Waals surface area contributed by atoms with Crippen LogP contribution >= 0.6 is 0 Å². The van der Waals surface area contributed by atoms with Crippen molar-refractivity contribution in [2.24, 2.45) is 0 Å². The molecule has 0 saturated carbocycles. The van der Waals surface area contributed by atoms with Gasteiger partial charge in [-0.05, 0) is 18.0 Å². The second kappa shape index (κ2) is 9.88. The van der Waals surface area contributed by atoms with Crippen LogP contribution in [0.4, 0.5) is 0 Å². The van der Waals surface area contributed by atoms with E-state index in [9.17, 15) is 4.21 Å². The van der Waals surface area contributed by atoms with Crippen LogP contribution in [0.3, 0.4) is 0 Å². The Labute approximate surface area is 167 Å². The van der Waals surface area contributed by atoms with Crippen LogP contribution in [0, 0.1) is 6.92 Å². The Bertz CT molecular complexity index is 852. The van der Waals surface area contributed by atoms with Gasteiger partial charge in [-0.25, -0.2) is 0 Å². The molecule has 0 aliphatic carbocycles. The van der Waals surface area contributed by atoms with Gasteiger partial charge in [0.15, 0.2) is 0 Å². The molecular formula is C18H20LiN3O3S. The normalized spacial score (nSPS) is 11.9. The molecule has 1 aromatic carbocycles. The van der Waals surface area contributed by atoms with Crippen LogP contribution in [0.15, 0.2) is 41.7 Å². The van der Waals surface area contributed by atoms with E-state index >= 15 is 0 Å². The third kappa shape index (κ3) is 5.18. The molecule has 3 rings (SSSR count). The van der Waals surface area contributed by atoms with Crippen molar-refractivity contribution in [1.29, 1.82) is 0 Å². The smallest absolute Gasteiger partial charge is 0.493 e. The van der Waals surface area contributed by atoms with E-state index in [1.54, 1.807) is 13.3 Å². The minimum atomic E-state index is -1.35. The van der Waals surface area contributed by atoms with E-state index in [2.05, 4.69) is 15.0 Å². The van der Waals surface area contributed by atoms with Crippen molar-refractivity contribution in [3.8, 4) is 5.75 Å². The van der Waals surface area contributed by atoms with Gasteiger partial charge in [0.2, 0.25) is 0 Å². The van der Waals surface area contributed by atoms with E-state index in [1.807, 2.05) is 37.3 Å². The van der Waals surface area contributed by atoms with E-state index in [4.69, 9.17) is 9.47 Å². The molecule has 0 aliphatic heterocycles. The predicted octanol–water partition coefficient (Wildman–Crippen LogP) is -0.377. The molecule has 1 atom stereocenters. The zero-order valence-electron chi connectivity index (χ0n) is 15.3. The number of hydrogen-bond donors (Lipinski definition) is 0. The summed E-state index contributed by atoms with van der Waals surface area (Å²) in [6, 6.07) is 9.33. The third-order valence-corrected chi connectivity index (χ3v) is 4.81. The predicted molar refractivity (Wildman–Crippen MR) is 96.1 cm³/mol. The average Bonchev–Trinajstić information content (AvgIpc) is 3.05. The van der Waals surface area contributed by atoms with E-state index in [1.165, 1.54) is 0 Å². The molecule has 26 heavy (non-hydrogen) atoms. The summed E-state index contributed by atoms with van der Waals surface area (Å²) in [4.78, 5) is 13.0. The number of fused-ring (bicyclic) bond motifs is 1. The minimum absolute atomic E-state index is 0. The van der Waals surface area contributed by atoms with Crippen LogP contribution in [-0.2, 0) is 21.3 Å². The van der Waals surface area contributed by atoms with Crippen LogP contribution in [0.5, 0.6) is 5.75 Å². The summed E-state index contributed by atoms with van der Waals surface area (Å²) in [5.41, 5.74) is 3.15. The SMILES string of the molecule is COCCCOc1cc(CS(=O)c2nc3ccccc3[n-]2)ncc1C.[Li+]. The number of ether oxygens (including phenoxy) is 2. The number of hydrogen-bond acceptors (Lipinski definition) is 5. The number of aromatic nitrogens is 3. The van der Waals surface area contributed by atoms with Crippen molar-refractivity contribution < 1.29 is 32.5 Å². The number of methoxy groups -OCH3 is 1. The Morgan fingerprint density at radius 1 is 1.23 bits per heavy atom. The molecule has 1 unspecified atom stereocenters. The van der Waals surface area contributed by atoms with Gasteiger partial charge in [0.1, 0.15) is 5.75 Å². The zero-order valence-corrected chi connectivity index (χ0v) is 16.1. The van der Waals surface area contributed by atoms with E-state index in [-0.39, 0.29) is 24.6 Å². The molecule has 0 bridgehead atoms. The first-order valence-electron chi connectivity index (χ1n) is 8.02. The topological polar surface area (TPSA) is 75.4 Å². The molecule has 0 saturated heterocycles. The van der Waals surface area contributed by atoms with Crippen molar-refractivity contribution in [2.45, 2.75) is 24.3 Å². The first-order valence-corrected chi connectivity index (χ1v) is 9.34. The number of benzene rings is 1. The molecule has 0 spiro atoms. The molecule has 2 heterocycles. The fourth-order valence-electron chi connectivity index (χ4n) is 2.35. The van der Waals surface area contributed by atoms with Crippen LogP contribution in [0.2, 0.25) is 0 Å². The van der Waals surface area contributed by atoms with Crippen molar-refractivity contribution in [2.75, 3.05) is 20.3 Å². The monoisotopic (exact) mass is 365 g/mol. The molecular weight excluding hydrogens is 345 g/mol. The third-order valence-electron chi connectivity index (χ3n) is 3.66. The fraction of sp³-hybridized carbons (Fsp3) is 0.333. The van der Waals surface area contributed by atoms with Crippen molar-refractivity contribution in [3.63, 3.8) is 0 Å². The molecule has 3 aromatic rings. The Balaban J connectivity index is 0.00000243. The maximum Gasteiger partial charge on any atom is 1.00 e. The van der Waals surface area contributed by atoms with Gasteiger partial charge >= 0.3 is 18.9 Å². The van der Waals surface area contributed by atoms with Gasteiger partial charge in [0.25, 0.3) is 0 Å². The molecule has 0 amide bonds. The molecule has 0 aliphatic rings. The molecule has 2 aromatic heterocycles. The summed E-state index contributed by atoms with van der Waals surface area (Å²) in [6.07, 6.45) is 2.55. The van der Waals surface area contributed by atoms with Crippen LogP contribution in [0.25, 0.3) is 11.0 Å². The average molecular weight is 365 g/mol. The zero-order chi connectivity index (χ0) is 17.6. The molecule has 8 heteroatoms. The Kier molecular flexibility index (Phi) is 7.85. The van der Waals surface area contributed by atoms with Gasteiger partial charge in [-0.2, -0.15) is 0 Å². The summed E-state index contributed by atoms with van der Waals surface area (Å²) in [7, 11) is 0.316. The van der Waals surface area contributed by atoms with Gasteiger partial charge in [0, 0.05) is 43.1 Å². The van der Waals surface area contributed by atoms with Gasteiger partial charge in [-0.3, -0.25) is 9.19 Å². The number of para-hydroxylation sites is 2. The number of aryl methyl sites for hydroxylation is 1. The van der Waals surface area contributed by atoms with Crippen molar-refractivity contribution >= 4 is 21.8 Å². The van der Waals surface area contributed by atoms with Gasteiger partial charge in [0.05, 0.1) is 28.9 Å². The molecule has 0 fully saturated rings. The van der Waals surface area contributed by atoms with Crippen molar-refractivity contribution in [3.05, 3.63) is 47.8 Å². The quantitative estimate of drug-likeness (QED) is 0.400. The Morgan fingerprint density at radius 3 is 2.81 bits per heavy atom. The summed E-state index contributed by atoms with van der Waals surface area (Å²) in [6.45, 7) is 3.16. The molecule has 0 radical (unpaired) electrons. The maximum absolute atomic E-state index is 12.6. The summed E-state index contributed by atoms with van der Waals surface area (Å²) in [5, 5.41) is 0.339.